The zero-order valence-electron chi connectivity index (χ0n) is 35.5. The van der Waals surface area contributed by atoms with Gasteiger partial charge in [-0.25, -0.2) is 22.5 Å². The number of carbonyl (C=O) groups excluding carboxylic acids is 4. The lowest BCUT2D eigenvalue weighted by atomic mass is 9.85. The van der Waals surface area contributed by atoms with Gasteiger partial charge in [-0.1, -0.05) is 27.7 Å². The zero-order chi connectivity index (χ0) is 43.8. The van der Waals surface area contributed by atoms with Gasteiger partial charge in [-0.2, -0.15) is 0 Å². The number of halogens is 4. The minimum Gasteiger partial charge on any atom is -0.352 e. The first-order chi connectivity index (χ1) is 28.3. The van der Waals surface area contributed by atoms with E-state index in [0.29, 0.717) is 27.7 Å². The number of rotatable bonds is 14. The van der Waals surface area contributed by atoms with Crippen LogP contribution >= 0.6 is 0 Å². The fourth-order valence-electron chi connectivity index (χ4n) is 8.36. The van der Waals surface area contributed by atoms with E-state index in [1.54, 1.807) is 51.6 Å². The van der Waals surface area contributed by atoms with Gasteiger partial charge in [-0.3, -0.25) is 19.2 Å². The minimum absolute atomic E-state index is 0.00753. The van der Waals surface area contributed by atoms with Gasteiger partial charge in [0.15, 0.2) is 5.82 Å². The molecule has 8 unspecified atom stereocenters. The predicted molar refractivity (Wildman–Crippen MR) is 221 cm³/mol. The van der Waals surface area contributed by atoms with Crippen LogP contribution in [0, 0.1) is 17.0 Å². The summed E-state index contributed by atoms with van der Waals surface area (Å²) < 4.78 is 62.3. The van der Waals surface area contributed by atoms with Crippen molar-refractivity contribution < 1.29 is 36.7 Å². The number of likely N-dealkylation sites (tertiary alicyclic amines) is 2. The lowest BCUT2D eigenvalue weighted by Gasteiger charge is -2.36. The van der Waals surface area contributed by atoms with Crippen molar-refractivity contribution in [3.05, 3.63) is 53.6 Å². The average Bonchev–Trinajstić information content (AvgIpc) is 3.96. The van der Waals surface area contributed by atoms with Crippen molar-refractivity contribution in [1.82, 2.24) is 45.6 Å². The van der Waals surface area contributed by atoms with E-state index in [2.05, 4.69) is 26.3 Å². The van der Waals surface area contributed by atoms with Crippen molar-refractivity contribution in [1.29, 1.82) is 0 Å². The second kappa shape index (κ2) is 17.9. The van der Waals surface area contributed by atoms with E-state index in [0.717, 1.165) is 0 Å². The number of aromatic amines is 1. The fourth-order valence-corrected chi connectivity index (χ4v) is 8.36. The third-order valence-corrected chi connectivity index (χ3v) is 12.0. The molecule has 6 rings (SSSR count). The molecule has 4 amide bonds. The van der Waals surface area contributed by atoms with E-state index in [4.69, 9.17) is 4.98 Å². The number of fused-ring (bicyclic) bond motifs is 2. The summed E-state index contributed by atoms with van der Waals surface area (Å²) >= 11 is 0. The van der Waals surface area contributed by atoms with Gasteiger partial charge in [-0.15, -0.1) is 0 Å². The summed E-state index contributed by atoms with van der Waals surface area (Å²) in [6, 6.07) is 3.89. The quantitative estimate of drug-likeness (QED) is 0.117. The van der Waals surface area contributed by atoms with Crippen LogP contribution in [0.15, 0.2) is 36.4 Å². The highest BCUT2D eigenvalue weighted by Gasteiger charge is 2.44. The molecule has 0 aliphatic carbocycles. The number of carbonyl (C=O) groups is 4. The highest BCUT2D eigenvalue weighted by Crippen LogP contribution is 2.37. The van der Waals surface area contributed by atoms with Crippen LogP contribution in [0.5, 0.6) is 0 Å². The molecule has 2 aromatic carbocycles. The van der Waals surface area contributed by atoms with Crippen molar-refractivity contribution >= 4 is 45.6 Å². The van der Waals surface area contributed by atoms with E-state index in [1.165, 1.54) is 34.1 Å². The Morgan fingerprint density at radius 2 is 1.43 bits per heavy atom. The molecule has 2 aromatic heterocycles. The molecule has 2 aliphatic heterocycles. The lowest BCUT2D eigenvalue weighted by molar-refractivity contribution is -0.140. The highest BCUT2D eigenvalue weighted by molar-refractivity contribution is 5.93. The van der Waals surface area contributed by atoms with E-state index in [1.807, 2.05) is 20.8 Å². The maximum atomic E-state index is 15.5. The molecule has 2 saturated heterocycles. The Morgan fingerprint density at radius 3 is 2.05 bits per heavy atom. The summed E-state index contributed by atoms with van der Waals surface area (Å²) in [5.41, 5.74) is 1.42. The van der Waals surface area contributed by atoms with Crippen LogP contribution in [0.4, 0.5) is 17.6 Å². The third kappa shape index (κ3) is 9.16. The van der Waals surface area contributed by atoms with Gasteiger partial charge >= 0.3 is 0 Å². The molecule has 4 heterocycles. The molecule has 2 aliphatic rings. The van der Waals surface area contributed by atoms with Crippen LogP contribution in [0.25, 0.3) is 33.5 Å². The smallest absolute Gasteiger partial charge is 0.246 e. The zero-order valence-corrected chi connectivity index (χ0v) is 35.5. The summed E-state index contributed by atoms with van der Waals surface area (Å²) in [6.45, 7) is 10.2. The van der Waals surface area contributed by atoms with Crippen LogP contribution in [0.2, 0.25) is 0 Å². The molecule has 0 radical (unpaired) electrons. The third-order valence-electron chi connectivity index (χ3n) is 12.0. The van der Waals surface area contributed by atoms with Gasteiger partial charge in [0.1, 0.15) is 36.1 Å². The Hall–Kier alpha value is -5.03. The summed E-state index contributed by atoms with van der Waals surface area (Å²) in [7, 11) is 3.26. The number of amides is 4. The van der Waals surface area contributed by atoms with Crippen molar-refractivity contribution in [2.75, 3.05) is 27.2 Å². The standard InChI is InChI=1S/C43H57F4N9O4/c1-9-32(52-39(57)22(2)48-7)41(59)54-19-26(46)14-28(54)18-31-30-12-10-24(44)16-33(30)50-36(31)38-51-34-17-25(45)11-13-35(34)56(38)21-29-15-27(47)20-55(29)42(60)37(43(4,5)6)53-40(58)23(3)49-8/h10-13,16-17,22-23,26-29,32,37,48-50H,9,14-15,18-21H2,1-8H3,(H,52,57)(H,53,58). The maximum absolute atomic E-state index is 15.5. The van der Waals surface area contributed by atoms with Gasteiger partial charge in [-0.05, 0) is 82.1 Å². The molecule has 0 spiro atoms. The Labute approximate surface area is 347 Å². The number of nitrogens with one attached hydrogen (secondary N) is 5. The van der Waals surface area contributed by atoms with E-state index < -0.39 is 77.5 Å². The van der Waals surface area contributed by atoms with Crippen molar-refractivity contribution in [3.8, 4) is 11.5 Å². The molecule has 60 heavy (non-hydrogen) atoms. The highest BCUT2D eigenvalue weighted by atomic mass is 19.1. The molecule has 326 valence electrons. The Morgan fingerprint density at radius 1 is 0.850 bits per heavy atom. The van der Waals surface area contributed by atoms with Crippen LogP contribution in [-0.4, -0.2) is 124 Å². The molecule has 4 aromatic rings. The largest absolute Gasteiger partial charge is 0.352 e. The van der Waals surface area contributed by atoms with Crippen LogP contribution < -0.4 is 21.3 Å². The van der Waals surface area contributed by atoms with Gasteiger partial charge < -0.3 is 40.6 Å². The first kappa shape index (κ1) is 44.5. The Balaban J connectivity index is 1.41. The molecule has 5 N–H and O–H groups in total. The summed E-state index contributed by atoms with van der Waals surface area (Å²) in [5, 5.41) is 12.0. The molecule has 8 atom stereocenters. The van der Waals surface area contributed by atoms with Gasteiger partial charge in [0, 0.05) is 42.4 Å². The van der Waals surface area contributed by atoms with Gasteiger partial charge in [0.25, 0.3) is 0 Å². The number of hydrogen-bond acceptors (Lipinski definition) is 7. The van der Waals surface area contributed by atoms with Crippen molar-refractivity contribution in [2.24, 2.45) is 5.41 Å². The predicted octanol–water partition coefficient (Wildman–Crippen LogP) is 4.52. The first-order valence-corrected chi connectivity index (χ1v) is 20.7. The molecular formula is C43H57F4N9O4. The van der Waals surface area contributed by atoms with E-state index in [-0.39, 0.29) is 68.5 Å². The minimum atomic E-state index is -1.37. The molecule has 13 nitrogen and oxygen atoms in total. The molecule has 0 bridgehead atoms. The number of H-pyrrole nitrogens is 1. The van der Waals surface area contributed by atoms with Gasteiger partial charge in [0.05, 0.1) is 47.9 Å². The van der Waals surface area contributed by atoms with Crippen molar-refractivity contribution in [2.45, 2.75) is 122 Å². The Bertz CT molecular complexity index is 2240. The second-order valence-electron chi connectivity index (χ2n) is 17.3. The number of hydrogen-bond donors (Lipinski definition) is 5. The molecule has 0 saturated carbocycles. The lowest BCUT2D eigenvalue weighted by Crippen LogP contribution is -2.58. The number of alkyl halides is 2. The van der Waals surface area contributed by atoms with Crippen LogP contribution in [0.1, 0.15) is 66.4 Å². The number of benzene rings is 2. The maximum Gasteiger partial charge on any atom is 0.246 e. The van der Waals surface area contributed by atoms with Crippen LogP contribution in [0.3, 0.4) is 0 Å². The summed E-state index contributed by atoms with van der Waals surface area (Å²) in [5.74, 6) is -2.41. The summed E-state index contributed by atoms with van der Waals surface area (Å²) in [6.07, 6.45) is -2.34. The van der Waals surface area contributed by atoms with Crippen molar-refractivity contribution in [3.63, 3.8) is 0 Å². The number of imidazole rings is 1. The monoisotopic (exact) mass is 839 g/mol. The van der Waals surface area contributed by atoms with E-state index >= 15 is 8.78 Å². The SMILES string of the molecule is CCC(NC(=O)C(C)NC)C(=O)N1CC(F)CC1Cc1c(-c2nc3cc(F)ccc3n2CC2CC(F)CN2C(=O)C(NC(=O)C(C)NC)C(C)(C)C)[nH]c2cc(F)ccc12. The number of aromatic nitrogens is 3. The van der Waals surface area contributed by atoms with E-state index in [9.17, 15) is 28.0 Å². The number of nitrogens with zero attached hydrogens (tertiary/aromatic N) is 4. The number of likely N-dealkylation sites (N-methyl/N-ethyl adjacent to an activating group) is 2. The second-order valence-corrected chi connectivity index (χ2v) is 17.3. The fraction of sp³-hybridized carbons (Fsp3) is 0.558. The molecular weight excluding hydrogens is 783 g/mol. The molecule has 17 heteroatoms. The first-order valence-electron chi connectivity index (χ1n) is 20.7. The topological polar surface area (TPSA) is 156 Å². The van der Waals surface area contributed by atoms with Gasteiger partial charge in [0.2, 0.25) is 23.6 Å². The summed E-state index contributed by atoms with van der Waals surface area (Å²) in [4.78, 5) is 65.3. The average molecular weight is 840 g/mol. The molecule has 2 fully saturated rings. The normalized spacial score (nSPS) is 21.7. The Kier molecular flexibility index (Phi) is 13.3. The van der Waals surface area contributed by atoms with Crippen LogP contribution in [-0.2, 0) is 32.1 Å².